The second kappa shape index (κ2) is 11.8. The number of aliphatic hydroxyl groups is 1. The molecule has 0 saturated carbocycles. The van der Waals surface area contributed by atoms with E-state index in [1.165, 1.54) is 6.92 Å². The zero-order valence-electron chi connectivity index (χ0n) is 20.9. The largest absolute Gasteiger partial charge is 0.380 e. The Balaban J connectivity index is 1.77. The number of ketones is 1. The topological polar surface area (TPSA) is 91.6 Å². The molecule has 0 aliphatic carbocycles. The van der Waals surface area contributed by atoms with Crippen LogP contribution in [-0.2, 0) is 29.8 Å². The summed E-state index contributed by atoms with van der Waals surface area (Å²) in [5.74, 6) is -0.562. The maximum atomic E-state index is 12.7. The van der Waals surface area contributed by atoms with E-state index in [9.17, 15) is 14.7 Å². The monoisotopic (exact) mass is 496 g/mol. The third-order valence-corrected chi connectivity index (χ3v) is 6.81. The van der Waals surface area contributed by atoms with Crippen LogP contribution in [-0.4, -0.2) is 26.6 Å². The van der Waals surface area contributed by atoms with Gasteiger partial charge in [-0.25, -0.2) is 5.48 Å². The van der Waals surface area contributed by atoms with E-state index in [-0.39, 0.29) is 12.2 Å². The number of carbonyl (C=O) groups excluding carboxylic acids is 2. The van der Waals surface area contributed by atoms with Gasteiger partial charge in [0.15, 0.2) is 5.78 Å². The van der Waals surface area contributed by atoms with Gasteiger partial charge in [0.1, 0.15) is 5.60 Å². The number of hydroxylamine groups is 1. The van der Waals surface area contributed by atoms with Crippen LogP contribution in [0.1, 0.15) is 58.2 Å². The fourth-order valence-corrected chi connectivity index (χ4v) is 4.88. The van der Waals surface area contributed by atoms with Crippen LogP contribution < -0.4 is 5.48 Å². The molecule has 3 aromatic carbocycles. The predicted octanol–water partition coefficient (Wildman–Crippen LogP) is 5.05. The van der Waals surface area contributed by atoms with Gasteiger partial charge in [-0.2, -0.15) is 0 Å². The lowest BCUT2D eigenvalue weighted by Crippen LogP contribution is -2.28. The molecule has 1 heterocycles. The molecule has 0 aliphatic heterocycles. The zero-order valence-corrected chi connectivity index (χ0v) is 20.9. The summed E-state index contributed by atoms with van der Waals surface area (Å²) < 4.78 is 2.00. The van der Waals surface area contributed by atoms with E-state index < -0.39 is 11.5 Å². The lowest BCUT2D eigenvalue weighted by Gasteiger charge is -2.30. The highest BCUT2D eigenvalue weighted by molar-refractivity contribution is 5.93. The van der Waals surface area contributed by atoms with E-state index in [0.29, 0.717) is 31.5 Å². The normalized spacial score (nSPS) is 11.3. The first-order valence-electron chi connectivity index (χ1n) is 12.4. The van der Waals surface area contributed by atoms with E-state index in [2.05, 4.69) is 0 Å². The number of carbonyl (C=O) groups is 2. The number of aromatic nitrogens is 1. The quantitative estimate of drug-likeness (QED) is 0.154. The van der Waals surface area contributed by atoms with Gasteiger partial charge in [0.25, 0.3) is 0 Å². The summed E-state index contributed by atoms with van der Waals surface area (Å²) in [4.78, 5) is 24.5. The van der Waals surface area contributed by atoms with Crippen LogP contribution in [0.5, 0.6) is 0 Å². The molecule has 6 heteroatoms. The molecule has 0 atom stereocenters. The van der Waals surface area contributed by atoms with Crippen molar-refractivity contribution in [2.24, 2.45) is 0 Å². The van der Waals surface area contributed by atoms with E-state index in [0.717, 1.165) is 27.9 Å². The molecular weight excluding hydrogens is 464 g/mol. The summed E-state index contributed by atoms with van der Waals surface area (Å²) in [6.07, 6.45) is 1.28. The summed E-state index contributed by atoms with van der Waals surface area (Å²) in [5, 5.41) is 21.1. The number of benzene rings is 3. The van der Waals surface area contributed by atoms with Crippen LogP contribution >= 0.6 is 0 Å². The predicted molar refractivity (Wildman–Crippen MR) is 142 cm³/mol. The number of nitrogens with one attached hydrogen (secondary N) is 1. The van der Waals surface area contributed by atoms with Crippen molar-refractivity contribution in [2.75, 3.05) is 0 Å². The first kappa shape index (κ1) is 26.1. The van der Waals surface area contributed by atoms with Gasteiger partial charge < -0.3 is 9.67 Å². The molecular formula is C31H32N2O4. The maximum absolute atomic E-state index is 12.7. The van der Waals surface area contributed by atoms with Crippen molar-refractivity contribution in [3.8, 4) is 0 Å². The molecule has 0 radical (unpaired) electrons. The van der Waals surface area contributed by atoms with Gasteiger partial charge in [-0.1, -0.05) is 91.0 Å². The second-order valence-electron chi connectivity index (χ2n) is 9.26. The van der Waals surface area contributed by atoms with Gasteiger partial charge >= 0.3 is 0 Å². The molecule has 190 valence electrons. The zero-order chi connectivity index (χ0) is 26.3. The Morgan fingerprint density at radius 3 is 1.89 bits per heavy atom. The number of nitrogens with zero attached hydrogens (tertiary/aromatic N) is 1. The van der Waals surface area contributed by atoms with Crippen LogP contribution in [0.2, 0.25) is 0 Å². The van der Waals surface area contributed by atoms with Crippen LogP contribution in [0.25, 0.3) is 0 Å². The SMILES string of the molecule is CC(=O)c1cc(CCC(=O)NO)c(CCC(O)(c2ccccc2)c2ccccc2)n1Cc1ccccc1. The van der Waals surface area contributed by atoms with Crippen LogP contribution in [0.15, 0.2) is 97.1 Å². The molecule has 3 N–H and O–H groups in total. The number of hydrogen-bond donors (Lipinski definition) is 3. The Bertz CT molecular complexity index is 1290. The number of rotatable bonds is 11. The Labute approximate surface area is 217 Å². The fraction of sp³-hybridized carbons (Fsp3) is 0.226. The molecule has 0 fully saturated rings. The van der Waals surface area contributed by atoms with Gasteiger partial charge in [-0.3, -0.25) is 14.8 Å². The van der Waals surface area contributed by atoms with Crippen LogP contribution in [0.3, 0.4) is 0 Å². The van der Waals surface area contributed by atoms with Crippen molar-refractivity contribution in [3.63, 3.8) is 0 Å². The van der Waals surface area contributed by atoms with E-state index in [1.807, 2.05) is 102 Å². The Hall–Kier alpha value is -4.00. The van der Waals surface area contributed by atoms with Crippen LogP contribution in [0, 0.1) is 0 Å². The smallest absolute Gasteiger partial charge is 0.243 e. The molecule has 1 amide bonds. The minimum Gasteiger partial charge on any atom is -0.380 e. The highest BCUT2D eigenvalue weighted by Gasteiger charge is 2.32. The first-order chi connectivity index (χ1) is 17.9. The summed E-state index contributed by atoms with van der Waals surface area (Å²) in [7, 11) is 0. The number of amides is 1. The Morgan fingerprint density at radius 2 is 1.38 bits per heavy atom. The highest BCUT2D eigenvalue weighted by Crippen LogP contribution is 2.35. The van der Waals surface area contributed by atoms with Crippen LogP contribution in [0.4, 0.5) is 0 Å². The number of aryl methyl sites for hydroxylation is 1. The Kier molecular flexibility index (Phi) is 8.33. The van der Waals surface area contributed by atoms with Crippen molar-refractivity contribution in [2.45, 2.75) is 44.8 Å². The average Bonchev–Trinajstić information content (AvgIpc) is 3.29. The summed E-state index contributed by atoms with van der Waals surface area (Å²) in [5.41, 5.74) is 5.36. The van der Waals surface area contributed by atoms with Crippen molar-refractivity contribution >= 4 is 11.7 Å². The van der Waals surface area contributed by atoms with Crippen molar-refractivity contribution in [1.82, 2.24) is 10.0 Å². The standard InChI is InChI=1S/C31H32N2O4/c1-23(34)29-21-25(17-18-30(35)32-37)28(33(29)22-24-11-5-2-6-12-24)19-20-31(36,26-13-7-3-8-14-26)27-15-9-4-10-16-27/h2-16,21,36-37H,17-20,22H2,1H3,(H,32,35). The van der Waals surface area contributed by atoms with Gasteiger partial charge in [0.2, 0.25) is 5.91 Å². The third kappa shape index (κ3) is 6.05. The van der Waals surface area contributed by atoms with Gasteiger partial charge in [0.05, 0.1) is 5.69 Å². The van der Waals surface area contributed by atoms with Gasteiger partial charge in [-0.15, -0.1) is 0 Å². The van der Waals surface area contributed by atoms with Crippen molar-refractivity contribution < 1.29 is 19.9 Å². The minimum atomic E-state index is -1.25. The maximum Gasteiger partial charge on any atom is 0.243 e. The second-order valence-corrected chi connectivity index (χ2v) is 9.26. The van der Waals surface area contributed by atoms with Gasteiger partial charge in [-0.05, 0) is 47.6 Å². The highest BCUT2D eigenvalue weighted by atomic mass is 16.5. The molecule has 0 aliphatic rings. The molecule has 0 bridgehead atoms. The lowest BCUT2D eigenvalue weighted by atomic mass is 9.82. The van der Waals surface area contributed by atoms with Crippen molar-refractivity contribution in [3.05, 3.63) is 131 Å². The minimum absolute atomic E-state index is 0.0728. The Morgan fingerprint density at radius 1 is 0.838 bits per heavy atom. The average molecular weight is 497 g/mol. The van der Waals surface area contributed by atoms with Gasteiger partial charge in [0, 0.05) is 25.6 Å². The molecule has 0 spiro atoms. The molecule has 4 rings (SSSR count). The molecule has 37 heavy (non-hydrogen) atoms. The summed E-state index contributed by atoms with van der Waals surface area (Å²) in [6.45, 7) is 2.03. The molecule has 6 nitrogen and oxygen atoms in total. The van der Waals surface area contributed by atoms with E-state index >= 15 is 0 Å². The van der Waals surface area contributed by atoms with Crippen molar-refractivity contribution in [1.29, 1.82) is 0 Å². The molecule has 4 aromatic rings. The van der Waals surface area contributed by atoms with E-state index in [1.54, 1.807) is 5.48 Å². The first-order valence-corrected chi connectivity index (χ1v) is 12.4. The lowest BCUT2D eigenvalue weighted by molar-refractivity contribution is -0.129. The molecule has 1 aromatic heterocycles. The number of Topliss-reactive ketones (excluding diaryl/α,β-unsaturated/α-hetero) is 1. The number of hydrogen-bond acceptors (Lipinski definition) is 4. The van der Waals surface area contributed by atoms with E-state index in [4.69, 9.17) is 5.21 Å². The third-order valence-electron chi connectivity index (χ3n) is 6.81. The molecule has 0 saturated heterocycles. The molecule has 0 unspecified atom stereocenters. The summed E-state index contributed by atoms with van der Waals surface area (Å²) in [6, 6.07) is 30.9. The summed E-state index contributed by atoms with van der Waals surface area (Å²) >= 11 is 0. The fourth-order valence-electron chi connectivity index (χ4n) is 4.88.